The van der Waals surface area contributed by atoms with Crippen LogP contribution < -0.4 is 10.3 Å². The number of nitrogens with zero attached hydrogens (tertiary/aromatic N) is 5. The molecule has 0 aliphatic heterocycles. The van der Waals surface area contributed by atoms with Gasteiger partial charge in [-0.25, -0.2) is 19.2 Å². The lowest BCUT2D eigenvalue weighted by Crippen LogP contribution is -2.27. The number of aromatic carboxylic acids is 1. The van der Waals surface area contributed by atoms with Crippen molar-refractivity contribution in [3.8, 4) is 34.2 Å². The van der Waals surface area contributed by atoms with Crippen LogP contribution in [0.25, 0.3) is 43.5 Å². The molecule has 9 nitrogen and oxygen atoms in total. The number of hydrogen-bond donors (Lipinski definition) is 1. The average Bonchev–Trinajstić information content (AvgIpc) is 3.44. The van der Waals surface area contributed by atoms with E-state index in [4.69, 9.17) is 27.9 Å². The minimum absolute atomic E-state index is 0.0368. The Morgan fingerprint density at radius 2 is 1.83 bits per heavy atom. The molecule has 0 saturated carbocycles. The molecule has 13 heteroatoms. The molecule has 6 rings (SSSR count). The zero-order valence-electron chi connectivity index (χ0n) is 24.5. The summed E-state index contributed by atoms with van der Waals surface area (Å²) in [5.41, 5.74) is 2.84. The number of thiophene rings is 1. The third-order valence-electron chi connectivity index (χ3n) is 7.45. The molecule has 2 aromatic carbocycles. The van der Waals surface area contributed by atoms with Crippen LogP contribution in [-0.2, 0) is 6.54 Å². The van der Waals surface area contributed by atoms with Crippen molar-refractivity contribution >= 4 is 61.6 Å². The molecule has 0 aliphatic carbocycles. The highest BCUT2D eigenvalue weighted by molar-refractivity contribution is 7.18. The number of benzene rings is 2. The van der Waals surface area contributed by atoms with Gasteiger partial charge >= 0.3 is 5.97 Å². The van der Waals surface area contributed by atoms with Gasteiger partial charge in [0.05, 0.1) is 49.7 Å². The second kappa shape index (κ2) is 12.1. The van der Waals surface area contributed by atoms with E-state index in [-0.39, 0.29) is 51.5 Å². The van der Waals surface area contributed by atoms with E-state index in [1.807, 2.05) is 6.07 Å². The van der Waals surface area contributed by atoms with Crippen LogP contribution in [0, 0.1) is 37.9 Å². The molecule has 0 saturated heterocycles. The molecule has 0 aliphatic rings. The van der Waals surface area contributed by atoms with E-state index in [2.05, 4.69) is 21.0 Å². The molecule has 0 unspecified atom stereocenters. The second-order valence-electron chi connectivity index (χ2n) is 10.4. The van der Waals surface area contributed by atoms with E-state index in [0.717, 1.165) is 0 Å². The number of ether oxygens (including phenoxy) is 1. The van der Waals surface area contributed by atoms with E-state index < -0.39 is 17.3 Å². The maximum Gasteiger partial charge on any atom is 0.338 e. The highest BCUT2D eigenvalue weighted by Gasteiger charge is 2.23. The number of aromatic nitrogens is 4. The molecule has 46 heavy (non-hydrogen) atoms. The zero-order chi connectivity index (χ0) is 32.9. The van der Waals surface area contributed by atoms with Crippen molar-refractivity contribution < 1.29 is 19.0 Å². The monoisotopic (exact) mass is 673 g/mol. The van der Waals surface area contributed by atoms with Crippen molar-refractivity contribution in [1.82, 2.24) is 19.5 Å². The van der Waals surface area contributed by atoms with Gasteiger partial charge in [-0.2, -0.15) is 5.26 Å². The Morgan fingerprint density at radius 1 is 1.04 bits per heavy atom. The largest absolute Gasteiger partial charge is 0.491 e. The molecule has 0 bridgehead atoms. The summed E-state index contributed by atoms with van der Waals surface area (Å²) in [7, 11) is 0. The normalized spacial score (nSPS) is 11.2. The van der Waals surface area contributed by atoms with Gasteiger partial charge in [0.1, 0.15) is 35.6 Å². The first-order valence-corrected chi connectivity index (χ1v) is 15.4. The number of rotatable bonds is 7. The van der Waals surface area contributed by atoms with Crippen LogP contribution >= 0.6 is 34.5 Å². The molecule has 4 aromatic heterocycles. The molecule has 0 spiro atoms. The molecule has 0 atom stereocenters. The first-order chi connectivity index (χ1) is 22.0. The summed E-state index contributed by atoms with van der Waals surface area (Å²) in [4.78, 5) is 39.3. The Morgan fingerprint density at radius 3 is 2.57 bits per heavy atom. The molecule has 6 aromatic rings. The number of fused-ring (bicyclic) bond motifs is 2. The number of aryl methyl sites for hydroxylation is 3. The fourth-order valence-corrected chi connectivity index (χ4v) is 6.75. The predicted octanol–water partition coefficient (Wildman–Crippen LogP) is 7.76. The summed E-state index contributed by atoms with van der Waals surface area (Å²) in [6.07, 6.45) is 0. The van der Waals surface area contributed by atoms with Crippen LogP contribution in [0.4, 0.5) is 4.39 Å². The standard InChI is InChI=1S/C33H22Cl2FN5O4S/c1-15-10-21(31-30(38-15)24(14-46-31)33(43)44)20-11-18(34)4-7-26(20)45-9-8-41-17(3)40-28-16(2)39-29(23(13-37)27(28)32(41)42)22-12-19(36)5-6-25(22)35/h4-7,10-12,14H,8-9H2,1-3H3,(H,43,44). The summed E-state index contributed by atoms with van der Waals surface area (Å²) in [5.74, 6) is -0.791. The summed E-state index contributed by atoms with van der Waals surface area (Å²) in [6.45, 7) is 5.22. The Balaban J connectivity index is 1.40. The molecular weight excluding hydrogens is 652 g/mol. The molecule has 230 valence electrons. The van der Waals surface area contributed by atoms with Gasteiger partial charge in [-0.15, -0.1) is 11.3 Å². The molecule has 0 radical (unpaired) electrons. The van der Waals surface area contributed by atoms with Gasteiger partial charge in [0.25, 0.3) is 5.56 Å². The van der Waals surface area contributed by atoms with Crippen LogP contribution in [0.1, 0.15) is 33.1 Å². The van der Waals surface area contributed by atoms with Crippen molar-refractivity contribution in [2.75, 3.05) is 6.61 Å². The van der Waals surface area contributed by atoms with Crippen molar-refractivity contribution in [1.29, 1.82) is 5.26 Å². The number of hydrogen-bond acceptors (Lipinski definition) is 8. The minimum atomic E-state index is -1.07. The molecule has 0 amide bonds. The van der Waals surface area contributed by atoms with Crippen molar-refractivity contribution in [2.24, 2.45) is 0 Å². The Hall–Kier alpha value is -4.89. The summed E-state index contributed by atoms with van der Waals surface area (Å²) in [5, 5.41) is 22.0. The molecule has 0 fully saturated rings. The first-order valence-electron chi connectivity index (χ1n) is 13.8. The van der Waals surface area contributed by atoms with Crippen molar-refractivity contribution in [3.05, 3.63) is 102 Å². The number of carboxylic acids is 1. The third-order valence-corrected chi connectivity index (χ3v) is 9.02. The average molecular weight is 675 g/mol. The lowest BCUT2D eigenvalue weighted by atomic mass is 10.0. The Bertz CT molecular complexity index is 2350. The number of halogens is 3. The van der Waals surface area contributed by atoms with Gasteiger partial charge in [-0.1, -0.05) is 23.2 Å². The lowest BCUT2D eigenvalue weighted by molar-refractivity contribution is 0.0699. The van der Waals surface area contributed by atoms with E-state index in [1.54, 1.807) is 44.4 Å². The second-order valence-corrected chi connectivity index (χ2v) is 12.2. The molecule has 4 heterocycles. The number of pyridine rings is 2. The highest BCUT2D eigenvalue weighted by Crippen LogP contribution is 2.40. The van der Waals surface area contributed by atoms with Crippen molar-refractivity contribution in [2.45, 2.75) is 27.3 Å². The first kappa shape index (κ1) is 31.1. The smallest absolute Gasteiger partial charge is 0.338 e. The molecular formula is C33H22Cl2FN5O4S. The maximum atomic E-state index is 14.2. The number of nitriles is 1. The minimum Gasteiger partial charge on any atom is -0.491 e. The Kier molecular flexibility index (Phi) is 8.20. The van der Waals surface area contributed by atoms with Crippen molar-refractivity contribution in [3.63, 3.8) is 0 Å². The highest BCUT2D eigenvalue weighted by atomic mass is 35.5. The van der Waals surface area contributed by atoms with Gasteiger partial charge in [-0.05, 0) is 63.2 Å². The van der Waals surface area contributed by atoms with Crippen LogP contribution in [0.5, 0.6) is 5.75 Å². The van der Waals surface area contributed by atoms with Gasteiger partial charge in [0.2, 0.25) is 0 Å². The van der Waals surface area contributed by atoms with Gasteiger partial charge in [-0.3, -0.25) is 14.3 Å². The third kappa shape index (κ3) is 5.45. The molecule has 1 N–H and O–H groups in total. The topological polar surface area (TPSA) is 131 Å². The number of carboxylic acid groups (broad SMARTS) is 1. The van der Waals surface area contributed by atoms with Crippen LogP contribution in [0.3, 0.4) is 0 Å². The fraction of sp³-hybridized carbons (Fsp3) is 0.152. The number of carbonyl (C=O) groups is 1. The summed E-state index contributed by atoms with van der Waals surface area (Å²) in [6, 6.07) is 12.7. The lowest BCUT2D eigenvalue weighted by Gasteiger charge is -2.16. The van der Waals surface area contributed by atoms with E-state index in [0.29, 0.717) is 49.3 Å². The van der Waals surface area contributed by atoms with E-state index in [1.165, 1.54) is 34.1 Å². The van der Waals surface area contributed by atoms with E-state index >= 15 is 0 Å². The van der Waals surface area contributed by atoms with Crippen LogP contribution in [-0.4, -0.2) is 37.2 Å². The fourth-order valence-electron chi connectivity index (χ4n) is 5.36. The summed E-state index contributed by atoms with van der Waals surface area (Å²) >= 11 is 14.0. The SMILES string of the molecule is Cc1cc(-c2cc(Cl)ccc2OCCn2c(C)nc3c(C)nc(-c4cc(F)ccc4Cl)c(C#N)c3c2=O)c2scc(C(=O)O)c2n1. The van der Waals surface area contributed by atoms with Gasteiger partial charge < -0.3 is 9.84 Å². The Labute approximate surface area is 275 Å². The van der Waals surface area contributed by atoms with E-state index in [9.17, 15) is 24.3 Å². The van der Waals surface area contributed by atoms with Crippen LogP contribution in [0.15, 0.2) is 52.6 Å². The van der Waals surface area contributed by atoms with Gasteiger partial charge in [0.15, 0.2) is 0 Å². The summed E-state index contributed by atoms with van der Waals surface area (Å²) < 4.78 is 22.4. The maximum absolute atomic E-state index is 14.2. The van der Waals surface area contributed by atoms with Crippen LogP contribution in [0.2, 0.25) is 10.0 Å². The predicted molar refractivity (Wildman–Crippen MR) is 176 cm³/mol. The zero-order valence-corrected chi connectivity index (χ0v) is 26.8. The quantitative estimate of drug-likeness (QED) is 0.182. The van der Waals surface area contributed by atoms with Gasteiger partial charge in [0, 0.05) is 32.8 Å².